The third kappa shape index (κ3) is 5.28. The van der Waals surface area contributed by atoms with Crippen molar-refractivity contribution < 1.29 is 9.53 Å². The number of ether oxygens (including phenoxy) is 1. The second kappa shape index (κ2) is 12.1. The molecule has 0 aliphatic carbocycles. The van der Waals surface area contributed by atoms with Crippen LogP contribution in [0.2, 0.25) is 5.02 Å². The van der Waals surface area contributed by atoms with Crippen LogP contribution >= 0.6 is 11.6 Å². The number of anilines is 2. The molecular formula is C35H40ClN7O2. The van der Waals surface area contributed by atoms with Gasteiger partial charge < -0.3 is 19.4 Å². The lowest BCUT2D eigenvalue weighted by molar-refractivity contribution is -0.126. The van der Waals surface area contributed by atoms with Gasteiger partial charge in [0, 0.05) is 36.8 Å². The molecular weight excluding hydrogens is 586 g/mol. The number of nitrogens with zero attached hydrogens (tertiary/aromatic N) is 7. The summed E-state index contributed by atoms with van der Waals surface area (Å²) in [5, 5.41) is 12.6. The van der Waals surface area contributed by atoms with Crippen molar-refractivity contribution in [2.75, 3.05) is 49.6 Å². The molecule has 1 aromatic heterocycles. The van der Waals surface area contributed by atoms with E-state index in [1.54, 1.807) is 4.90 Å². The van der Waals surface area contributed by atoms with Gasteiger partial charge in [-0.3, -0.25) is 9.69 Å². The zero-order chi connectivity index (χ0) is 31.1. The Labute approximate surface area is 270 Å². The van der Waals surface area contributed by atoms with Gasteiger partial charge in [-0.1, -0.05) is 42.4 Å². The number of nitriles is 1. The first-order valence-electron chi connectivity index (χ1n) is 16.1. The quantitative estimate of drug-likeness (QED) is 0.309. The first-order chi connectivity index (χ1) is 21.9. The van der Waals surface area contributed by atoms with Crippen molar-refractivity contribution in [3.05, 3.63) is 65.3 Å². The van der Waals surface area contributed by atoms with Crippen LogP contribution in [0.25, 0.3) is 10.8 Å². The highest BCUT2D eigenvalue weighted by Crippen LogP contribution is 2.41. The first-order valence-corrected chi connectivity index (χ1v) is 16.5. The number of likely N-dealkylation sites (tertiary alicyclic amines) is 1. The molecule has 10 heteroatoms. The summed E-state index contributed by atoms with van der Waals surface area (Å²) >= 11 is 6.74. The van der Waals surface area contributed by atoms with Gasteiger partial charge in [-0.25, -0.2) is 0 Å². The third-order valence-electron chi connectivity index (χ3n) is 10.6. The molecule has 0 bridgehead atoms. The zero-order valence-corrected chi connectivity index (χ0v) is 26.7. The third-order valence-corrected chi connectivity index (χ3v) is 10.9. The van der Waals surface area contributed by atoms with Crippen LogP contribution in [0.4, 0.5) is 11.5 Å². The molecule has 234 valence electrons. The Hall–Kier alpha value is -3.87. The standard InChI is InChI=1S/C35H40ClN7O2/c1-3-31(44)43-21-14-28(29(43)12-17-37)40(2)33-25-13-20-41(30-11-5-9-24-8-4-10-26(36)32(24)30)22-27(25)38-34(39-33)45-23-35-15-6-18-42(35)19-7-16-35/h3-5,8-11,28-29H,1,6-7,12-16,18-23H2,2H3. The van der Waals surface area contributed by atoms with Crippen molar-refractivity contribution in [2.24, 2.45) is 0 Å². The Morgan fingerprint density at radius 1 is 1.18 bits per heavy atom. The number of halogens is 1. The van der Waals surface area contributed by atoms with Gasteiger partial charge in [-0.05, 0) is 75.2 Å². The maximum absolute atomic E-state index is 12.7. The molecule has 0 radical (unpaired) electrons. The number of hydrogen-bond donors (Lipinski definition) is 0. The highest BCUT2D eigenvalue weighted by atomic mass is 35.5. The predicted octanol–water partition coefficient (Wildman–Crippen LogP) is 5.36. The minimum absolute atomic E-state index is 0.0611. The van der Waals surface area contributed by atoms with Gasteiger partial charge in [-0.2, -0.15) is 15.2 Å². The van der Waals surface area contributed by atoms with Crippen LogP contribution in [0.5, 0.6) is 6.01 Å². The molecule has 9 nitrogen and oxygen atoms in total. The largest absolute Gasteiger partial charge is 0.461 e. The molecule has 0 spiro atoms. The van der Waals surface area contributed by atoms with Crippen LogP contribution in [-0.4, -0.2) is 83.1 Å². The van der Waals surface area contributed by atoms with Gasteiger partial charge in [0.25, 0.3) is 0 Å². The minimum atomic E-state index is -0.247. The van der Waals surface area contributed by atoms with Gasteiger partial charge >= 0.3 is 6.01 Å². The molecule has 2 aromatic carbocycles. The molecule has 3 fully saturated rings. The van der Waals surface area contributed by atoms with E-state index >= 15 is 0 Å². The fourth-order valence-electron chi connectivity index (χ4n) is 8.33. The predicted molar refractivity (Wildman–Crippen MR) is 177 cm³/mol. The smallest absolute Gasteiger partial charge is 0.318 e. The van der Waals surface area contributed by atoms with Crippen molar-refractivity contribution in [2.45, 2.75) is 69.1 Å². The van der Waals surface area contributed by atoms with Gasteiger partial charge in [0.15, 0.2) is 0 Å². The Morgan fingerprint density at radius 3 is 2.71 bits per heavy atom. The molecule has 4 aliphatic rings. The van der Waals surface area contributed by atoms with E-state index in [1.165, 1.54) is 18.9 Å². The summed E-state index contributed by atoms with van der Waals surface area (Å²) in [7, 11) is 2.04. The highest BCUT2D eigenvalue weighted by molar-refractivity contribution is 6.36. The summed E-state index contributed by atoms with van der Waals surface area (Å²) in [5.74, 6) is 0.694. The van der Waals surface area contributed by atoms with Crippen molar-refractivity contribution in [3.63, 3.8) is 0 Å². The summed E-state index contributed by atoms with van der Waals surface area (Å²) in [4.78, 5) is 31.7. The SMILES string of the molecule is C=CC(=O)N1CCC(N(C)c2nc(OCC34CCCN3CCC4)nc3c2CCN(c2cccc4cccc(Cl)c24)C3)C1CC#N. The topological polar surface area (TPSA) is 88.8 Å². The Kier molecular flexibility index (Phi) is 8.05. The summed E-state index contributed by atoms with van der Waals surface area (Å²) in [6, 6.07) is 14.7. The van der Waals surface area contributed by atoms with Crippen molar-refractivity contribution in [3.8, 4) is 12.1 Å². The molecule has 2 unspecified atom stereocenters. The Bertz CT molecular complexity index is 1660. The summed E-state index contributed by atoms with van der Waals surface area (Å²) in [6.07, 6.45) is 7.78. The van der Waals surface area contributed by atoms with Crippen LogP contribution in [0, 0.1) is 11.3 Å². The molecule has 3 aromatic rings. The second-order valence-electron chi connectivity index (χ2n) is 12.9. The Balaban J connectivity index is 1.25. The number of amides is 1. The molecule has 2 atom stereocenters. The minimum Gasteiger partial charge on any atom is -0.461 e. The number of carbonyl (C=O) groups is 1. The van der Waals surface area contributed by atoms with Gasteiger partial charge in [0.2, 0.25) is 5.91 Å². The first kappa shape index (κ1) is 29.8. The number of rotatable bonds is 8. The fraction of sp³-hybridized carbons (Fsp3) is 0.486. The summed E-state index contributed by atoms with van der Waals surface area (Å²) in [6.45, 7) is 8.50. The fourth-order valence-corrected chi connectivity index (χ4v) is 8.61. The highest BCUT2D eigenvalue weighted by Gasteiger charge is 2.45. The molecule has 45 heavy (non-hydrogen) atoms. The summed E-state index contributed by atoms with van der Waals surface area (Å²) < 4.78 is 6.54. The lowest BCUT2D eigenvalue weighted by Gasteiger charge is -2.37. The average Bonchev–Trinajstić information content (AvgIpc) is 3.77. The molecule has 5 heterocycles. The number of carbonyl (C=O) groups excluding carboxylic acids is 1. The molecule has 0 saturated carbocycles. The van der Waals surface area contributed by atoms with Crippen molar-refractivity contribution in [1.29, 1.82) is 5.26 Å². The zero-order valence-electron chi connectivity index (χ0n) is 25.9. The lowest BCUT2D eigenvalue weighted by atomic mass is 9.95. The lowest BCUT2D eigenvalue weighted by Crippen LogP contribution is -2.46. The van der Waals surface area contributed by atoms with E-state index in [1.807, 2.05) is 19.2 Å². The number of likely N-dealkylation sites (N-methyl/N-ethyl adjacent to an activating group) is 1. The molecule has 4 aliphatic heterocycles. The van der Waals surface area contributed by atoms with Gasteiger partial charge in [0.05, 0.1) is 47.4 Å². The van der Waals surface area contributed by atoms with E-state index in [2.05, 4.69) is 51.6 Å². The number of fused-ring (bicyclic) bond motifs is 3. The van der Waals surface area contributed by atoms with Crippen molar-refractivity contribution in [1.82, 2.24) is 19.8 Å². The number of benzene rings is 2. The molecule has 1 amide bonds. The van der Waals surface area contributed by atoms with E-state index in [9.17, 15) is 10.1 Å². The maximum Gasteiger partial charge on any atom is 0.318 e. The molecule has 3 saturated heterocycles. The van der Waals surface area contributed by atoms with E-state index in [0.29, 0.717) is 25.7 Å². The molecule has 0 N–H and O–H groups in total. The van der Waals surface area contributed by atoms with E-state index in [0.717, 1.165) is 83.9 Å². The number of hydrogen-bond acceptors (Lipinski definition) is 8. The van der Waals surface area contributed by atoms with Crippen LogP contribution in [0.3, 0.4) is 0 Å². The average molecular weight is 626 g/mol. The van der Waals surface area contributed by atoms with E-state index < -0.39 is 0 Å². The van der Waals surface area contributed by atoms with Gasteiger partial charge in [-0.15, -0.1) is 0 Å². The van der Waals surface area contributed by atoms with Crippen LogP contribution in [-0.2, 0) is 17.8 Å². The maximum atomic E-state index is 12.7. The molecule has 7 rings (SSSR count). The Morgan fingerprint density at radius 2 is 1.96 bits per heavy atom. The van der Waals surface area contributed by atoms with E-state index in [4.69, 9.17) is 26.3 Å². The monoisotopic (exact) mass is 625 g/mol. The van der Waals surface area contributed by atoms with Crippen LogP contribution < -0.4 is 14.5 Å². The normalized spacial score (nSPS) is 22.2. The van der Waals surface area contributed by atoms with Crippen LogP contribution in [0.1, 0.15) is 49.8 Å². The summed E-state index contributed by atoms with van der Waals surface area (Å²) in [5.41, 5.74) is 3.21. The van der Waals surface area contributed by atoms with Crippen molar-refractivity contribution >= 4 is 39.8 Å². The number of aromatic nitrogens is 2. The second-order valence-corrected chi connectivity index (χ2v) is 13.3. The van der Waals surface area contributed by atoms with E-state index in [-0.39, 0.29) is 30.0 Å². The van der Waals surface area contributed by atoms with Crippen LogP contribution in [0.15, 0.2) is 49.1 Å². The van der Waals surface area contributed by atoms with Gasteiger partial charge in [0.1, 0.15) is 12.4 Å².